The standard InChI is InChI=1S/C24H23NO6/c1-29-21-12-3-16(13-22(21)30-2)14-25-23(27)15-31-24(28)19-6-4-17(5-7-19)18-8-10-20(26)11-9-18/h3-13,26H,14-15H2,1-2H3,(H,25,27). The van der Waals surface area contributed by atoms with E-state index in [-0.39, 0.29) is 18.9 Å². The van der Waals surface area contributed by atoms with Crippen molar-refractivity contribution < 1.29 is 28.9 Å². The summed E-state index contributed by atoms with van der Waals surface area (Å²) in [4.78, 5) is 24.2. The fourth-order valence-electron chi connectivity index (χ4n) is 2.91. The summed E-state index contributed by atoms with van der Waals surface area (Å²) in [6.07, 6.45) is 0. The lowest BCUT2D eigenvalue weighted by Crippen LogP contribution is -2.28. The monoisotopic (exact) mass is 421 g/mol. The van der Waals surface area contributed by atoms with E-state index in [1.165, 1.54) is 7.11 Å². The first-order chi connectivity index (χ1) is 15.0. The van der Waals surface area contributed by atoms with Gasteiger partial charge in [-0.25, -0.2) is 4.79 Å². The molecular formula is C24H23NO6. The van der Waals surface area contributed by atoms with Crippen molar-refractivity contribution in [3.8, 4) is 28.4 Å². The quantitative estimate of drug-likeness (QED) is 0.540. The van der Waals surface area contributed by atoms with Crippen LogP contribution >= 0.6 is 0 Å². The van der Waals surface area contributed by atoms with Crippen LogP contribution in [0, 0.1) is 0 Å². The largest absolute Gasteiger partial charge is 0.508 e. The molecule has 0 saturated carbocycles. The molecule has 0 aliphatic carbocycles. The number of nitrogens with one attached hydrogen (secondary N) is 1. The maximum atomic E-state index is 12.2. The van der Waals surface area contributed by atoms with Crippen LogP contribution in [0.5, 0.6) is 17.2 Å². The number of esters is 1. The number of benzene rings is 3. The first-order valence-electron chi connectivity index (χ1n) is 9.54. The molecule has 31 heavy (non-hydrogen) atoms. The molecular weight excluding hydrogens is 398 g/mol. The van der Waals surface area contributed by atoms with Gasteiger partial charge < -0.3 is 24.6 Å². The van der Waals surface area contributed by atoms with E-state index in [1.54, 1.807) is 67.8 Å². The molecule has 0 aliphatic heterocycles. The van der Waals surface area contributed by atoms with Crippen molar-refractivity contribution in [2.45, 2.75) is 6.54 Å². The number of phenolic OH excluding ortho intramolecular Hbond substituents is 1. The summed E-state index contributed by atoms with van der Waals surface area (Å²) in [5.41, 5.74) is 2.97. The number of methoxy groups -OCH3 is 2. The van der Waals surface area contributed by atoms with Crippen molar-refractivity contribution in [2.24, 2.45) is 0 Å². The SMILES string of the molecule is COc1ccc(CNC(=O)COC(=O)c2ccc(-c3ccc(O)cc3)cc2)cc1OC. The molecule has 0 fully saturated rings. The molecule has 0 spiro atoms. The van der Waals surface area contributed by atoms with Crippen molar-refractivity contribution in [2.75, 3.05) is 20.8 Å². The van der Waals surface area contributed by atoms with E-state index in [1.807, 2.05) is 6.07 Å². The molecule has 7 nitrogen and oxygen atoms in total. The highest BCUT2D eigenvalue weighted by Gasteiger charge is 2.11. The molecule has 0 aliphatic rings. The molecule has 1 amide bonds. The summed E-state index contributed by atoms with van der Waals surface area (Å²) in [5.74, 6) is 0.357. The molecule has 0 aromatic heterocycles. The van der Waals surface area contributed by atoms with Gasteiger partial charge in [-0.05, 0) is 53.1 Å². The van der Waals surface area contributed by atoms with Gasteiger partial charge in [0.15, 0.2) is 18.1 Å². The Labute approximate surface area is 180 Å². The summed E-state index contributed by atoms with van der Waals surface area (Å²) in [6.45, 7) is -0.121. The van der Waals surface area contributed by atoms with Gasteiger partial charge in [0.1, 0.15) is 5.75 Å². The predicted octanol–water partition coefficient (Wildman–Crippen LogP) is 3.55. The van der Waals surface area contributed by atoms with Crippen molar-refractivity contribution >= 4 is 11.9 Å². The number of hydrogen-bond acceptors (Lipinski definition) is 6. The fraction of sp³-hybridized carbons (Fsp3) is 0.167. The molecule has 3 aromatic rings. The molecule has 0 atom stereocenters. The van der Waals surface area contributed by atoms with Gasteiger partial charge in [0.05, 0.1) is 19.8 Å². The number of hydrogen-bond donors (Lipinski definition) is 2. The topological polar surface area (TPSA) is 94.1 Å². The van der Waals surface area contributed by atoms with E-state index in [9.17, 15) is 14.7 Å². The highest BCUT2D eigenvalue weighted by atomic mass is 16.5. The number of carbonyl (C=O) groups is 2. The molecule has 0 saturated heterocycles. The molecule has 0 heterocycles. The molecule has 0 unspecified atom stereocenters. The first kappa shape index (κ1) is 21.7. The number of phenols is 1. The minimum Gasteiger partial charge on any atom is -0.508 e. The Morgan fingerprint density at radius 1 is 0.839 bits per heavy atom. The van der Waals surface area contributed by atoms with Crippen molar-refractivity contribution in [3.05, 3.63) is 77.9 Å². The van der Waals surface area contributed by atoms with Crippen LogP contribution in [0.15, 0.2) is 66.7 Å². The second-order valence-electron chi connectivity index (χ2n) is 6.67. The Kier molecular flexibility index (Phi) is 7.11. The predicted molar refractivity (Wildman–Crippen MR) is 115 cm³/mol. The van der Waals surface area contributed by atoms with Crippen LogP contribution in [0.3, 0.4) is 0 Å². The Bertz CT molecular complexity index is 1040. The van der Waals surface area contributed by atoms with Gasteiger partial charge in [-0.1, -0.05) is 30.3 Å². The van der Waals surface area contributed by atoms with Crippen LogP contribution in [0.1, 0.15) is 15.9 Å². The smallest absolute Gasteiger partial charge is 0.338 e. The molecule has 0 radical (unpaired) electrons. The Morgan fingerprint density at radius 2 is 1.45 bits per heavy atom. The zero-order valence-corrected chi connectivity index (χ0v) is 17.3. The van der Waals surface area contributed by atoms with Gasteiger partial charge >= 0.3 is 5.97 Å². The molecule has 3 aromatic carbocycles. The van der Waals surface area contributed by atoms with Crippen LogP contribution in [-0.4, -0.2) is 37.8 Å². The molecule has 160 valence electrons. The Balaban J connectivity index is 1.50. The van der Waals surface area contributed by atoms with Crippen LogP contribution in [0.25, 0.3) is 11.1 Å². The van der Waals surface area contributed by atoms with Crippen molar-refractivity contribution in [1.29, 1.82) is 0 Å². The number of aromatic hydroxyl groups is 1. The number of ether oxygens (including phenoxy) is 3. The zero-order chi connectivity index (χ0) is 22.2. The average Bonchev–Trinajstić information content (AvgIpc) is 2.81. The fourth-order valence-corrected chi connectivity index (χ4v) is 2.91. The minimum atomic E-state index is -0.585. The molecule has 0 bridgehead atoms. The normalized spacial score (nSPS) is 10.3. The Morgan fingerprint density at radius 3 is 2.06 bits per heavy atom. The summed E-state index contributed by atoms with van der Waals surface area (Å²) in [6, 6.07) is 18.9. The molecule has 3 rings (SSSR count). The van der Waals surface area contributed by atoms with Crippen LogP contribution < -0.4 is 14.8 Å². The highest BCUT2D eigenvalue weighted by molar-refractivity contribution is 5.91. The van der Waals surface area contributed by atoms with E-state index in [2.05, 4.69) is 5.32 Å². The van der Waals surface area contributed by atoms with Crippen LogP contribution in [-0.2, 0) is 16.1 Å². The minimum absolute atomic E-state index is 0.188. The van der Waals surface area contributed by atoms with Gasteiger partial charge in [-0.15, -0.1) is 0 Å². The number of carbonyl (C=O) groups excluding carboxylic acids is 2. The lowest BCUT2D eigenvalue weighted by atomic mass is 10.0. The van der Waals surface area contributed by atoms with Gasteiger partial charge in [-0.2, -0.15) is 0 Å². The average molecular weight is 421 g/mol. The highest BCUT2D eigenvalue weighted by Crippen LogP contribution is 2.27. The third kappa shape index (κ3) is 5.76. The molecule has 2 N–H and O–H groups in total. The second-order valence-corrected chi connectivity index (χ2v) is 6.67. The van der Waals surface area contributed by atoms with Crippen LogP contribution in [0.2, 0.25) is 0 Å². The lowest BCUT2D eigenvalue weighted by Gasteiger charge is -2.10. The second kappa shape index (κ2) is 10.2. The molecule has 7 heteroatoms. The summed E-state index contributed by atoms with van der Waals surface area (Å²) >= 11 is 0. The maximum Gasteiger partial charge on any atom is 0.338 e. The summed E-state index contributed by atoms with van der Waals surface area (Å²) < 4.78 is 15.5. The van der Waals surface area contributed by atoms with E-state index >= 15 is 0 Å². The van der Waals surface area contributed by atoms with Crippen molar-refractivity contribution in [1.82, 2.24) is 5.32 Å². The third-order valence-corrected chi connectivity index (χ3v) is 4.59. The Hall–Kier alpha value is -4.00. The van der Waals surface area contributed by atoms with E-state index in [4.69, 9.17) is 14.2 Å². The lowest BCUT2D eigenvalue weighted by molar-refractivity contribution is -0.124. The van der Waals surface area contributed by atoms with Gasteiger partial charge in [0.25, 0.3) is 5.91 Å². The van der Waals surface area contributed by atoms with Crippen LogP contribution in [0.4, 0.5) is 0 Å². The first-order valence-corrected chi connectivity index (χ1v) is 9.54. The van der Waals surface area contributed by atoms with Crippen molar-refractivity contribution in [3.63, 3.8) is 0 Å². The van der Waals surface area contributed by atoms with E-state index in [0.717, 1.165) is 16.7 Å². The summed E-state index contributed by atoms with van der Waals surface area (Å²) in [7, 11) is 3.09. The van der Waals surface area contributed by atoms with Gasteiger partial charge in [-0.3, -0.25) is 4.79 Å². The number of rotatable bonds is 8. The maximum absolute atomic E-state index is 12.2. The van der Waals surface area contributed by atoms with Gasteiger partial charge in [0, 0.05) is 6.54 Å². The number of amides is 1. The van der Waals surface area contributed by atoms with E-state index < -0.39 is 11.9 Å². The third-order valence-electron chi connectivity index (χ3n) is 4.59. The van der Waals surface area contributed by atoms with Gasteiger partial charge in [0.2, 0.25) is 0 Å². The van der Waals surface area contributed by atoms with E-state index in [0.29, 0.717) is 17.1 Å². The summed E-state index contributed by atoms with van der Waals surface area (Å²) in [5, 5.41) is 12.1. The zero-order valence-electron chi connectivity index (χ0n) is 17.3.